The molecule has 0 aliphatic carbocycles. The van der Waals surface area contributed by atoms with Crippen LogP contribution in [0.1, 0.15) is 11.1 Å². The van der Waals surface area contributed by atoms with Gasteiger partial charge in [0.2, 0.25) is 0 Å². The van der Waals surface area contributed by atoms with E-state index < -0.39 is 23.8 Å². The molecule has 0 radical (unpaired) electrons. The number of carbonyl (C=O) groups is 1. The lowest BCUT2D eigenvalue weighted by atomic mass is 10.0. The summed E-state index contributed by atoms with van der Waals surface area (Å²) in [5, 5.41) is -0.0299. The van der Waals surface area contributed by atoms with Crippen LogP contribution < -0.4 is 5.73 Å². The van der Waals surface area contributed by atoms with Crippen molar-refractivity contribution in [1.29, 1.82) is 0 Å². The van der Waals surface area contributed by atoms with E-state index in [4.69, 9.17) is 17.3 Å². The van der Waals surface area contributed by atoms with Crippen LogP contribution in [-0.4, -0.2) is 19.1 Å². The lowest BCUT2D eigenvalue weighted by molar-refractivity contribution is -0.143. The molecule has 100 valence electrons. The fourth-order valence-corrected chi connectivity index (χ4v) is 1.63. The molecule has 1 rings (SSSR count). The van der Waals surface area contributed by atoms with Crippen molar-refractivity contribution in [1.82, 2.24) is 0 Å². The molecule has 0 spiro atoms. The minimum absolute atomic E-state index is 0.0299. The van der Waals surface area contributed by atoms with Crippen molar-refractivity contribution in [3.05, 3.63) is 34.3 Å². The summed E-state index contributed by atoms with van der Waals surface area (Å²) in [6, 6.07) is 2.18. The van der Waals surface area contributed by atoms with E-state index in [1.165, 1.54) is 12.1 Å². The first kappa shape index (κ1) is 14.8. The molecule has 0 saturated carbocycles. The third kappa shape index (κ3) is 3.61. The maximum absolute atomic E-state index is 12.7. The minimum atomic E-state index is -4.55. The van der Waals surface area contributed by atoms with Crippen molar-refractivity contribution in [2.75, 3.05) is 7.11 Å². The lowest BCUT2D eigenvalue weighted by Gasteiger charge is -2.15. The summed E-state index contributed by atoms with van der Waals surface area (Å²) < 4.78 is 42.6. The number of esters is 1. The zero-order chi connectivity index (χ0) is 13.9. The molecule has 1 aromatic rings. The van der Waals surface area contributed by atoms with Gasteiger partial charge < -0.3 is 10.5 Å². The quantitative estimate of drug-likeness (QED) is 0.866. The van der Waals surface area contributed by atoms with Crippen molar-refractivity contribution in [2.45, 2.75) is 18.6 Å². The molecule has 2 N–H and O–H groups in total. The Morgan fingerprint density at radius 2 is 2.11 bits per heavy atom. The van der Waals surface area contributed by atoms with Gasteiger partial charge in [-0.15, -0.1) is 0 Å². The molecule has 7 heteroatoms. The van der Waals surface area contributed by atoms with Crippen molar-refractivity contribution in [3.63, 3.8) is 0 Å². The molecular weight excluding hydrogens is 271 g/mol. The molecule has 0 aliphatic rings. The number of carbonyl (C=O) groups excluding carboxylic acids is 1. The van der Waals surface area contributed by atoms with Gasteiger partial charge in [0.05, 0.1) is 12.7 Å². The Kier molecular flexibility index (Phi) is 4.59. The molecule has 1 atom stereocenters. The van der Waals surface area contributed by atoms with E-state index in [1.54, 1.807) is 0 Å². The van der Waals surface area contributed by atoms with Crippen LogP contribution in [0.25, 0.3) is 0 Å². The van der Waals surface area contributed by atoms with Gasteiger partial charge in [-0.25, -0.2) is 0 Å². The van der Waals surface area contributed by atoms with Crippen LogP contribution >= 0.6 is 11.6 Å². The Bertz CT molecular complexity index is 448. The Labute approximate surface area is 107 Å². The van der Waals surface area contributed by atoms with E-state index in [1.807, 2.05) is 0 Å². The van der Waals surface area contributed by atoms with E-state index in [-0.39, 0.29) is 17.0 Å². The smallest absolute Gasteiger partial charge is 0.416 e. The molecule has 1 aromatic carbocycles. The highest BCUT2D eigenvalue weighted by Crippen LogP contribution is 2.34. The van der Waals surface area contributed by atoms with Crippen molar-refractivity contribution in [2.24, 2.45) is 5.73 Å². The second-order valence-electron chi connectivity index (χ2n) is 3.63. The molecule has 0 saturated heterocycles. The fraction of sp³-hybridized carbons (Fsp3) is 0.364. The molecule has 0 amide bonds. The highest BCUT2D eigenvalue weighted by Gasteiger charge is 2.34. The average Bonchev–Trinajstić information content (AvgIpc) is 2.28. The first-order valence-electron chi connectivity index (χ1n) is 4.94. The molecule has 0 fully saturated rings. The van der Waals surface area contributed by atoms with Gasteiger partial charge in [0.15, 0.2) is 0 Å². The SMILES string of the molecule is COC(=O)[C@@H](N)Cc1ccc(Cl)cc1C(F)(F)F. The summed E-state index contributed by atoms with van der Waals surface area (Å²) in [6.45, 7) is 0. The summed E-state index contributed by atoms with van der Waals surface area (Å²) in [6.07, 6.45) is -4.81. The molecule has 0 unspecified atom stereocenters. The van der Waals surface area contributed by atoms with Gasteiger partial charge in [0, 0.05) is 5.02 Å². The molecule has 0 aromatic heterocycles. The van der Waals surface area contributed by atoms with Crippen LogP contribution in [0.4, 0.5) is 13.2 Å². The maximum atomic E-state index is 12.7. The molecule has 0 heterocycles. The van der Waals surface area contributed by atoms with E-state index >= 15 is 0 Å². The van der Waals surface area contributed by atoms with Crippen LogP contribution in [0.2, 0.25) is 5.02 Å². The Hall–Kier alpha value is -1.27. The van der Waals surface area contributed by atoms with E-state index in [2.05, 4.69) is 4.74 Å². The number of methoxy groups -OCH3 is 1. The van der Waals surface area contributed by atoms with E-state index in [9.17, 15) is 18.0 Å². The summed E-state index contributed by atoms with van der Waals surface area (Å²) in [4.78, 5) is 11.1. The second-order valence-corrected chi connectivity index (χ2v) is 4.07. The first-order chi connectivity index (χ1) is 8.25. The molecule has 18 heavy (non-hydrogen) atoms. The number of ether oxygens (including phenoxy) is 1. The van der Waals surface area contributed by atoms with Crippen LogP contribution in [0.5, 0.6) is 0 Å². The summed E-state index contributed by atoms with van der Waals surface area (Å²) in [7, 11) is 1.12. The van der Waals surface area contributed by atoms with Gasteiger partial charge in [0.1, 0.15) is 6.04 Å². The normalized spacial score (nSPS) is 13.2. The molecule has 3 nitrogen and oxygen atoms in total. The average molecular weight is 282 g/mol. The highest BCUT2D eigenvalue weighted by atomic mass is 35.5. The van der Waals surface area contributed by atoms with Crippen molar-refractivity contribution in [3.8, 4) is 0 Å². The second kappa shape index (κ2) is 5.58. The zero-order valence-corrected chi connectivity index (χ0v) is 10.2. The van der Waals surface area contributed by atoms with Crippen LogP contribution in [0.15, 0.2) is 18.2 Å². The highest BCUT2D eigenvalue weighted by molar-refractivity contribution is 6.30. The number of rotatable bonds is 3. The summed E-state index contributed by atoms with van der Waals surface area (Å²) in [5.74, 6) is -0.766. The Morgan fingerprint density at radius 1 is 1.50 bits per heavy atom. The number of benzene rings is 1. The molecule has 0 bridgehead atoms. The Morgan fingerprint density at radius 3 is 2.61 bits per heavy atom. The third-order valence-corrected chi connectivity index (χ3v) is 2.56. The van der Waals surface area contributed by atoms with Crippen molar-refractivity contribution < 1.29 is 22.7 Å². The largest absolute Gasteiger partial charge is 0.468 e. The number of hydrogen-bond acceptors (Lipinski definition) is 3. The van der Waals surface area contributed by atoms with Gasteiger partial charge in [-0.3, -0.25) is 4.79 Å². The summed E-state index contributed by atoms with van der Waals surface area (Å²) in [5.41, 5.74) is 4.45. The number of nitrogens with two attached hydrogens (primary N) is 1. The standard InChI is InChI=1S/C11H11ClF3NO2/c1-18-10(17)9(16)4-6-2-3-7(12)5-8(6)11(13,14)15/h2-3,5,9H,4,16H2,1H3/t9-/m0/s1. The van der Waals surface area contributed by atoms with Gasteiger partial charge in [-0.1, -0.05) is 17.7 Å². The molecule has 0 aliphatic heterocycles. The predicted molar refractivity (Wildman–Crippen MR) is 60.1 cm³/mol. The fourth-order valence-electron chi connectivity index (χ4n) is 1.46. The predicted octanol–water partition coefficient (Wildman–Crippen LogP) is 2.40. The number of alkyl halides is 3. The van der Waals surface area contributed by atoms with Crippen LogP contribution in [0, 0.1) is 0 Å². The minimum Gasteiger partial charge on any atom is -0.468 e. The monoisotopic (exact) mass is 281 g/mol. The molecular formula is C11H11ClF3NO2. The Balaban J connectivity index is 3.06. The number of hydrogen-bond donors (Lipinski definition) is 1. The lowest BCUT2D eigenvalue weighted by Crippen LogP contribution is -2.34. The van der Waals surface area contributed by atoms with Crippen molar-refractivity contribution >= 4 is 17.6 Å². The van der Waals surface area contributed by atoms with Gasteiger partial charge in [-0.05, 0) is 24.1 Å². The summed E-state index contributed by atoms with van der Waals surface area (Å²) >= 11 is 5.53. The number of halogens is 4. The van der Waals surface area contributed by atoms with Gasteiger partial charge >= 0.3 is 12.1 Å². The zero-order valence-electron chi connectivity index (χ0n) is 9.42. The van der Waals surface area contributed by atoms with E-state index in [0.717, 1.165) is 13.2 Å². The first-order valence-corrected chi connectivity index (χ1v) is 5.32. The van der Waals surface area contributed by atoms with Crippen LogP contribution in [0.3, 0.4) is 0 Å². The van der Waals surface area contributed by atoms with Crippen LogP contribution in [-0.2, 0) is 22.1 Å². The maximum Gasteiger partial charge on any atom is 0.416 e. The third-order valence-electron chi connectivity index (χ3n) is 2.32. The topological polar surface area (TPSA) is 52.3 Å². The van der Waals surface area contributed by atoms with Gasteiger partial charge in [-0.2, -0.15) is 13.2 Å². The van der Waals surface area contributed by atoms with Gasteiger partial charge in [0.25, 0.3) is 0 Å². The van der Waals surface area contributed by atoms with E-state index in [0.29, 0.717) is 0 Å².